The predicted octanol–water partition coefficient (Wildman–Crippen LogP) is 0.569. The Morgan fingerprint density at radius 3 is 2.62 bits per heavy atom. The van der Waals surface area contributed by atoms with Gasteiger partial charge in [-0.3, -0.25) is 4.72 Å². The van der Waals surface area contributed by atoms with Crippen molar-refractivity contribution in [2.24, 2.45) is 5.73 Å². The highest BCUT2D eigenvalue weighted by atomic mass is 32.2. The summed E-state index contributed by atoms with van der Waals surface area (Å²) in [5.74, 6) is 0.00607. The zero-order chi connectivity index (χ0) is 18.0. The molecular formula is C14H23N3O5S2. The lowest BCUT2D eigenvalue weighted by atomic mass is 10.1. The van der Waals surface area contributed by atoms with Gasteiger partial charge in [-0.05, 0) is 31.9 Å². The number of ether oxygens (including phenoxy) is 1. The highest BCUT2D eigenvalue weighted by Crippen LogP contribution is 2.31. The van der Waals surface area contributed by atoms with Crippen molar-refractivity contribution in [1.82, 2.24) is 4.31 Å². The van der Waals surface area contributed by atoms with E-state index in [1.165, 1.54) is 36.5 Å². The maximum atomic E-state index is 12.8. The average Bonchev–Trinajstić information content (AvgIpc) is 2.54. The quantitative estimate of drug-likeness (QED) is 0.748. The molecule has 1 unspecified atom stereocenters. The van der Waals surface area contributed by atoms with Crippen LogP contribution in [0.15, 0.2) is 23.1 Å². The maximum Gasteiger partial charge on any atom is 0.246 e. The molecule has 1 aromatic carbocycles. The van der Waals surface area contributed by atoms with E-state index in [1.54, 1.807) is 0 Å². The van der Waals surface area contributed by atoms with Crippen LogP contribution in [0.3, 0.4) is 0 Å². The Morgan fingerprint density at radius 1 is 1.33 bits per heavy atom. The van der Waals surface area contributed by atoms with Gasteiger partial charge in [0.1, 0.15) is 10.6 Å². The second-order valence-corrected chi connectivity index (χ2v) is 9.55. The van der Waals surface area contributed by atoms with Crippen LogP contribution in [0.2, 0.25) is 0 Å². The van der Waals surface area contributed by atoms with Crippen LogP contribution in [0, 0.1) is 0 Å². The number of nitrogens with two attached hydrogens (primary N) is 1. The molecule has 1 aliphatic rings. The van der Waals surface area contributed by atoms with E-state index in [4.69, 9.17) is 10.5 Å². The molecule has 0 aromatic heterocycles. The van der Waals surface area contributed by atoms with Gasteiger partial charge in [0, 0.05) is 25.2 Å². The molecule has 0 saturated carbocycles. The zero-order valence-electron chi connectivity index (χ0n) is 13.7. The minimum Gasteiger partial charge on any atom is -0.495 e. The minimum atomic E-state index is -3.75. The monoisotopic (exact) mass is 377 g/mol. The first-order valence-corrected chi connectivity index (χ1v) is 10.7. The molecular weight excluding hydrogens is 354 g/mol. The summed E-state index contributed by atoms with van der Waals surface area (Å²) < 4.78 is 57.8. The molecule has 136 valence electrons. The molecule has 0 spiro atoms. The van der Waals surface area contributed by atoms with E-state index < -0.39 is 20.0 Å². The van der Waals surface area contributed by atoms with Gasteiger partial charge in [-0.1, -0.05) is 0 Å². The standard InChI is InChI=1S/C14H23N3O5S2/c1-3-23(18,19)16-12-6-7-14(13(9-12)22-2)24(20,21)17-8-4-5-11(15)10-17/h6-7,9,11,16H,3-5,8,10,15H2,1-2H3. The first-order valence-electron chi connectivity index (χ1n) is 7.64. The van der Waals surface area contributed by atoms with Crippen LogP contribution in [-0.2, 0) is 20.0 Å². The fourth-order valence-corrected chi connectivity index (χ4v) is 4.83. The Hall–Kier alpha value is -1.36. The number of anilines is 1. The van der Waals surface area contributed by atoms with Crippen molar-refractivity contribution in [2.75, 3.05) is 30.7 Å². The highest BCUT2D eigenvalue weighted by molar-refractivity contribution is 7.92. The van der Waals surface area contributed by atoms with Gasteiger partial charge in [0.25, 0.3) is 0 Å². The molecule has 1 aromatic rings. The number of rotatable bonds is 6. The molecule has 10 heteroatoms. The summed E-state index contributed by atoms with van der Waals surface area (Å²) in [5.41, 5.74) is 6.12. The van der Waals surface area contributed by atoms with E-state index in [0.29, 0.717) is 13.0 Å². The molecule has 0 radical (unpaired) electrons. The molecule has 1 atom stereocenters. The summed E-state index contributed by atoms with van der Waals surface area (Å²) in [4.78, 5) is -0.00135. The second kappa shape index (κ2) is 7.26. The normalized spacial score (nSPS) is 19.9. The molecule has 0 aliphatic carbocycles. The summed E-state index contributed by atoms with van der Waals surface area (Å²) in [6.45, 7) is 2.18. The molecule has 1 fully saturated rings. The lowest BCUT2D eigenvalue weighted by molar-refractivity contribution is 0.314. The van der Waals surface area contributed by atoms with Crippen LogP contribution in [0.25, 0.3) is 0 Å². The molecule has 8 nitrogen and oxygen atoms in total. The van der Waals surface area contributed by atoms with Gasteiger partial charge in [0.15, 0.2) is 0 Å². The Balaban J connectivity index is 2.36. The van der Waals surface area contributed by atoms with Crippen LogP contribution < -0.4 is 15.2 Å². The van der Waals surface area contributed by atoms with Gasteiger partial charge < -0.3 is 10.5 Å². The van der Waals surface area contributed by atoms with E-state index in [9.17, 15) is 16.8 Å². The molecule has 0 amide bonds. The third-order valence-electron chi connectivity index (χ3n) is 3.86. The third-order valence-corrected chi connectivity index (χ3v) is 7.07. The lowest BCUT2D eigenvalue weighted by Crippen LogP contribution is -2.45. The molecule has 1 heterocycles. The van der Waals surface area contributed by atoms with Crippen LogP contribution in [-0.4, -0.2) is 53.1 Å². The van der Waals surface area contributed by atoms with E-state index in [0.717, 1.165) is 6.42 Å². The van der Waals surface area contributed by atoms with E-state index in [-0.39, 0.29) is 34.7 Å². The predicted molar refractivity (Wildman–Crippen MR) is 92.0 cm³/mol. The smallest absolute Gasteiger partial charge is 0.246 e. The van der Waals surface area contributed by atoms with Crippen molar-refractivity contribution in [1.29, 1.82) is 0 Å². The number of sulfonamides is 2. The molecule has 1 saturated heterocycles. The van der Waals surface area contributed by atoms with E-state index >= 15 is 0 Å². The topological polar surface area (TPSA) is 119 Å². The molecule has 3 N–H and O–H groups in total. The molecule has 0 bridgehead atoms. The van der Waals surface area contributed by atoms with Gasteiger partial charge in [-0.15, -0.1) is 0 Å². The lowest BCUT2D eigenvalue weighted by Gasteiger charge is -2.30. The number of nitrogens with zero attached hydrogens (tertiary/aromatic N) is 1. The number of benzene rings is 1. The van der Waals surface area contributed by atoms with Gasteiger partial charge in [0.2, 0.25) is 20.0 Å². The van der Waals surface area contributed by atoms with Gasteiger partial charge in [0.05, 0.1) is 18.6 Å². The SMILES string of the molecule is CCS(=O)(=O)Nc1ccc(S(=O)(=O)N2CCCC(N)C2)c(OC)c1. The molecule has 1 aliphatic heterocycles. The summed E-state index contributed by atoms with van der Waals surface area (Å²) >= 11 is 0. The van der Waals surface area contributed by atoms with Crippen molar-refractivity contribution >= 4 is 25.7 Å². The fraction of sp³-hybridized carbons (Fsp3) is 0.571. The van der Waals surface area contributed by atoms with E-state index in [2.05, 4.69) is 4.72 Å². The maximum absolute atomic E-state index is 12.8. The Bertz CT molecular complexity index is 793. The largest absolute Gasteiger partial charge is 0.495 e. The van der Waals surface area contributed by atoms with Crippen LogP contribution in [0.4, 0.5) is 5.69 Å². The second-order valence-electron chi connectivity index (χ2n) is 5.64. The van der Waals surface area contributed by atoms with Gasteiger partial charge in [-0.2, -0.15) is 4.31 Å². The van der Waals surface area contributed by atoms with Gasteiger partial charge in [-0.25, -0.2) is 16.8 Å². The van der Waals surface area contributed by atoms with Crippen LogP contribution in [0.1, 0.15) is 19.8 Å². The number of hydrogen-bond donors (Lipinski definition) is 2. The first kappa shape index (κ1) is 19.0. The third kappa shape index (κ3) is 4.18. The molecule has 24 heavy (non-hydrogen) atoms. The number of piperidine rings is 1. The minimum absolute atomic E-state index is 0.00135. The first-order chi connectivity index (χ1) is 11.2. The fourth-order valence-electron chi connectivity index (χ4n) is 2.53. The summed E-state index contributed by atoms with van der Waals surface area (Å²) in [7, 11) is -5.87. The summed E-state index contributed by atoms with van der Waals surface area (Å²) in [5, 5.41) is 0. The summed E-state index contributed by atoms with van der Waals surface area (Å²) in [6, 6.07) is 3.94. The van der Waals surface area contributed by atoms with Crippen LogP contribution in [0.5, 0.6) is 5.75 Å². The average molecular weight is 377 g/mol. The Labute approximate surface area is 143 Å². The van der Waals surface area contributed by atoms with Gasteiger partial charge >= 0.3 is 0 Å². The van der Waals surface area contributed by atoms with Crippen molar-refractivity contribution in [3.8, 4) is 5.75 Å². The number of hydrogen-bond acceptors (Lipinski definition) is 6. The highest BCUT2D eigenvalue weighted by Gasteiger charge is 2.31. The van der Waals surface area contributed by atoms with Crippen molar-refractivity contribution in [3.63, 3.8) is 0 Å². The van der Waals surface area contributed by atoms with Crippen LogP contribution >= 0.6 is 0 Å². The van der Waals surface area contributed by atoms with E-state index in [1.807, 2.05) is 0 Å². The van der Waals surface area contributed by atoms with Crippen molar-refractivity contribution in [3.05, 3.63) is 18.2 Å². The number of methoxy groups -OCH3 is 1. The number of nitrogens with one attached hydrogen (secondary N) is 1. The van der Waals surface area contributed by atoms with Crippen molar-refractivity contribution in [2.45, 2.75) is 30.7 Å². The summed E-state index contributed by atoms with van der Waals surface area (Å²) in [6.07, 6.45) is 1.50. The zero-order valence-corrected chi connectivity index (χ0v) is 15.4. The Morgan fingerprint density at radius 2 is 2.04 bits per heavy atom. The molecule has 2 rings (SSSR count). The van der Waals surface area contributed by atoms with Crippen molar-refractivity contribution < 1.29 is 21.6 Å². The Kier molecular flexibility index (Phi) is 5.74.